The average molecular weight is 354 g/mol. The van der Waals surface area contributed by atoms with E-state index in [2.05, 4.69) is 34.5 Å². The maximum atomic E-state index is 13.2. The van der Waals surface area contributed by atoms with E-state index in [1.54, 1.807) is 6.07 Å². The highest BCUT2D eigenvalue weighted by atomic mass is 19.1. The molecule has 138 valence electrons. The minimum atomic E-state index is -0.246. The van der Waals surface area contributed by atoms with E-state index < -0.39 is 0 Å². The van der Waals surface area contributed by atoms with Gasteiger partial charge in [-0.25, -0.2) is 4.39 Å². The SMILES string of the molecule is O=C(CCc1cccc(F)c1)NC1CCCN(CCc2ccccc2)C1. The zero-order chi connectivity index (χ0) is 18.2. The maximum absolute atomic E-state index is 13.2. The molecule has 1 N–H and O–H groups in total. The van der Waals surface area contributed by atoms with Gasteiger partial charge in [-0.2, -0.15) is 0 Å². The Morgan fingerprint density at radius 1 is 1.08 bits per heavy atom. The third-order valence-electron chi connectivity index (χ3n) is 4.96. The molecular formula is C22H27FN2O. The summed E-state index contributed by atoms with van der Waals surface area (Å²) in [6.07, 6.45) is 4.18. The molecule has 4 heteroatoms. The number of likely N-dealkylation sites (tertiary alicyclic amines) is 1. The smallest absolute Gasteiger partial charge is 0.220 e. The Kier molecular flexibility index (Phi) is 6.78. The van der Waals surface area contributed by atoms with Crippen LogP contribution in [0.5, 0.6) is 0 Å². The largest absolute Gasteiger partial charge is 0.352 e. The van der Waals surface area contributed by atoms with Crippen LogP contribution in [0.25, 0.3) is 0 Å². The minimum Gasteiger partial charge on any atom is -0.352 e. The molecule has 1 atom stereocenters. The van der Waals surface area contributed by atoms with Gasteiger partial charge in [0.1, 0.15) is 5.82 Å². The van der Waals surface area contributed by atoms with Gasteiger partial charge in [-0.3, -0.25) is 4.79 Å². The van der Waals surface area contributed by atoms with E-state index in [0.717, 1.165) is 44.5 Å². The number of nitrogens with zero attached hydrogens (tertiary/aromatic N) is 1. The number of benzene rings is 2. The van der Waals surface area contributed by atoms with Crippen molar-refractivity contribution in [1.29, 1.82) is 0 Å². The van der Waals surface area contributed by atoms with E-state index in [4.69, 9.17) is 0 Å². The van der Waals surface area contributed by atoms with Gasteiger partial charge >= 0.3 is 0 Å². The summed E-state index contributed by atoms with van der Waals surface area (Å²) in [5.74, 6) is -0.187. The number of hydrogen-bond acceptors (Lipinski definition) is 2. The molecule has 3 rings (SSSR count). The second-order valence-corrected chi connectivity index (χ2v) is 7.07. The highest BCUT2D eigenvalue weighted by Gasteiger charge is 2.21. The number of aryl methyl sites for hydroxylation is 1. The first-order valence-electron chi connectivity index (χ1n) is 9.49. The lowest BCUT2D eigenvalue weighted by molar-refractivity contribution is -0.122. The van der Waals surface area contributed by atoms with Gasteiger partial charge in [0.15, 0.2) is 0 Å². The van der Waals surface area contributed by atoms with Crippen molar-refractivity contribution in [3.63, 3.8) is 0 Å². The van der Waals surface area contributed by atoms with E-state index >= 15 is 0 Å². The van der Waals surface area contributed by atoms with Crippen molar-refractivity contribution in [2.45, 2.75) is 38.1 Å². The molecule has 0 bridgehead atoms. The second kappa shape index (κ2) is 9.48. The van der Waals surface area contributed by atoms with Crippen molar-refractivity contribution in [3.05, 3.63) is 71.5 Å². The number of rotatable bonds is 7. The lowest BCUT2D eigenvalue weighted by Gasteiger charge is -2.33. The van der Waals surface area contributed by atoms with Crippen LogP contribution in [-0.4, -0.2) is 36.5 Å². The highest BCUT2D eigenvalue weighted by Crippen LogP contribution is 2.12. The van der Waals surface area contributed by atoms with Crippen molar-refractivity contribution >= 4 is 5.91 Å². The van der Waals surface area contributed by atoms with E-state index in [9.17, 15) is 9.18 Å². The highest BCUT2D eigenvalue weighted by molar-refractivity contribution is 5.76. The number of halogens is 1. The molecule has 1 saturated heterocycles. The topological polar surface area (TPSA) is 32.3 Å². The molecule has 3 nitrogen and oxygen atoms in total. The van der Waals surface area contributed by atoms with Crippen LogP contribution in [0.1, 0.15) is 30.4 Å². The second-order valence-electron chi connectivity index (χ2n) is 7.07. The number of carbonyl (C=O) groups is 1. The van der Waals surface area contributed by atoms with Crippen LogP contribution in [0.3, 0.4) is 0 Å². The normalized spacial score (nSPS) is 17.8. The Hall–Kier alpha value is -2.20. The molecule has 0 saturated carbocycles. The maximum Gasteiger partial charge on any atom is 0.220 e. The van der Waals surface area contributed by atoms with Gasteiger partial charge in [0.25, 0.3) is 0 Å². The quantitative estimate of drug-likeness (QED) is 0.824. The number of nitrogens with one attached hydrogen (secondary N) is 1. The van der Waals surface area contributed by atoms with Crippen molar-refractivity contribution in [2.24, 2.45) is 0 Å². The molecule has 1 fully saturated rings. The predicted octanol–water partition coefficient (Wildman–Crippen LogP) is 3.58. The number of hydrogen-bond donors (Lipinski definition) is 1. The van der Waals surface area contributed by atoms with Gasteiger partial charge in [0.05, 0.1) is 0 Å². The Morgan fingerprint density at radius 3 is 2.69 bits per heavy atom. The molecule has 2 aromatic rings. The molecule has 26 heavy (non-hydrogen) atoms. The zero-order valence-electron chi connectivity index (χ0n) is 15.2. The Labute approximate surface area is 155 Å². The fourth-order valence-electron chi connectivity index (χ4n) is 3.56. The number of piperidine rings is 1. The van der Waals surface area contributed by atoms with Gasteiger partial charge < -0.3 is 10.2 Å². The lowest BCUT2D eigenvalue weighted by atomic mass is 10.0. The lowest BCUT2D eigenvalue weighted by Crippen LogP contribution is -2.48. The van der Waals surface area contributed by atoms with Crippen LogP contribution in [0.15, 0.2) is 54.6 Å². The first kappa shape index (κ1) is 18.6. The summed E-state index contributed by atoms with van der Waals surface area (Å²) >= 11 is 0. The summed E-state index contributed by atoms with van der Waals surface area (Å²) < 4.78 is 13.2. The van der Waals surface area contributed by atoms with Crippen LogP contribution in [0.4, 0.5) is 4.39 Å². The van der Waals surface area contributed by atoms with E-state index in [0.29, 0.717) is 12.8 Å². The molecule has 0 aliphatic carbocycles. The molecule has 1 aliphatic rings. The van der Waals surface area contributed by atoms with Crippen LogP contribution >= 0.6 is 0 Å². The standard InChI is InChI=1S/C22H27FN2O/c23-20-9-4-8-19(16-20)11-12-22(26)24-21-10-5-14-25(17-21)15-13-18-6-2-1-3-7-18/h1-4,6-9,16,21H,5,10-15,17H2,(H,24,26). The fraction of sp³-hybridized carbons (Fsp3) is 0.409. The van der Waals surface area contributed by atoms with Crippen LogP contribution in [0, 0.1) is 5.82 Å². The van der Waals surface area contributed by atoms with Crippen LogP contribution < -0.4 is 5.32 Å². The van der Waals surface area contributed by atoms with Crippen molar-refractivity contribution in [3.8, 4) is 0 Å². The molecule has 1 amide bonds. The minimum absolute atomic E-state index is 0.0594. The third-order valence-corrected chi connectivity index (χ3v) is 4.96. The molecule has 1 unspecified atom stereocenters. The van der Waals surface area contributed by atoms with Crippen LogP contribution in [0.2, 0.25) is 0 Å². The number of carbonyl (C=O) groups excluding carboxylic acids is 1. The molecule has 2 aromatic carbocycles. The van der Waals surface area contributed by atoms with E-state index in [1.165, 1.54) is 17.7 Å². The van der Waals surface area contributed by atoms with E-state index in [-0.39, 0.29) is 17.8 Å². The molecule has 0 spiro atoms. The van der Waals surface area contributed by atoms with Gasteiger partial charge in [-0.1, -0.05) is 42.5 Å². The van der Waals surface area contributed by atoms with Gasteiger partial charge in [0.2, 0.25) is 5.91 Å². The molecule has 1 heterocycles. The summed E-state index contributed by atoms with van der Waals surface area (Å²) in [7, 11) is 0. The van der Waals surface area contributed by atoms with E-state index in [1.807, 2.05) is 12.1 Å². The summed E-state index contributed by atoms with van der Waals surface area (Å²) in [6, 6.07) is 17.2. The van der Waals surface area contributed by atoms with Gasteiger partial charge in [0, 0.05) is 25.6 Å². The molecule has 1 aliphatic heterocycles. The Bertz CT molecular complexity index is 704. The zero-order valence-corrected chi connectivity index (χ0v) is 15.2. The number of amides is 1. The Balaban J connectivity index is 1.40. The van der Waals surface area contributed by atoms with Crippen molar-refractivity contribution < 1.29 is 9.18 Å². The predicted molar refractivity (Wildman–Crippen MR) is 102 cm³/mol. The summed E-state index contributed by atoms with van der Waals surface area (Å²) in [6.45, 7) is 3.04. The van der Waals surface area contributed by atoms with Crippen molar-refractivity contribution in [1.82, 2.24) is 10.2 Å². The average Bonchev–Trinajstić information content (AvgIpc) is 2.66. The molecule has 0 aromatic heterocycles. The Morgan fingerprint density at radius 2 is 1.88 bits per heavy atom. The molecule has 0 radical (unpaired) electrons. The first-order valence-corrected chi connectivity index (χ1v) is 9.49. The fourth-order valence-corrected chi connectivity index (χ4v) is 3.56. The van der Waals surface area contributed by atoms with Crippen molar-refractivity contribution in [2.75, 3.05) is 19.6 Å². The summed E-state index contributed by atoms with van der Waals surface area (Å²) in [5.41, 5.74) is 2.22. The summed E-state index contributed by atoms with van der Waals surface area (Å²) in [4.78, 5) is 14.7. The van der Waals surface area contributed by atoms with Gasteiger partial charge in [-0.15, -0.1) is 0 Å². The summed E-state index contributed by atoms with van der Waals surface area (Å²) in [5, 5.41) is 3.16. The third kappa shape index (κ3) is 5.95. The molecular weight excluding hydrogens is 327 g/mol. The van der Waals surface area contributed by atoms with Crippen LogP contribution in [-0.2, 0) is 17.6 Å². The first-order chi connectivity index (χ1) is 12.7. The monoisotopic (exact) mass is 354 g/mol. The van der Waals surface area contributed by atoms with Gasteiger partial charge in [-0.05, 0) is 55.5 Å².